The van der Waals surface area contributed by atoms with Gasteiger partial charge in [0.25, 0.3) is 5.56 Å². The molecule has 3 rings (SSSR count). The van der Waals surface area contributed by atoms with Crippen molar-refractivity contribution in [1.82, 2.24) is 14.9 Å². The topological polar surface area (TPSA) is 101 Å². The summed E-state index contributed by atoms with van der Waals surface area (Å²) >= 11 is 0. The van der Waals surface area contributed by atoms with Crippen molar-refractivity contribution in [2.24, 2.45) is 11.7 Å². The second kappa shape index (κ2) is 6.41. The largest absolute Gasteiger partial charge is 0.380 e. The molecule has 0 unspecified atom stereocenters. The molecule has 2 aliphatic rings. The van der Waals surface area contributed by atoms with Gasteiger partial charge < -0.3 is 20.4 Å². The molecule has 3 atom stereocenters. The number of nitrogens with two attached hydrogens (primary N) is 1. The SMILES string of the molecule is CO[C@@H]1C[C@@H](C(=O)N2CCc3c(nc(C)[nH]c3=O)C2)CC[C@H]1N. The van der Waals surface area contributed by atoms with Crippen LogP contribution in [0.4, 0.5) is 0 Å². The van der Waals surface area contributed by atoms with Crippen molar-refractivity contribution >= 4 is 5.91 Å². The Morgan fingerprint density at radius 2 is 2.22 bits per heavy atom. The van der Waals surface area contributed by atoms with E-state index in [4.69, 9.17) is 10.5 Å². The number of hydrogen-bond acceptors (Lipinski definition) is 5. The molecule has 0 radical (unpaired) electrons. The average Bonchev–Trinajstić information content (AvgIpc) is 2.54. The Labute approximate surface area is 135 Å². The summed E-state index contributed by atoms with van der Waals surface area (Å²) in [5.74, 6) is 0.667. The number of H-pyrrole nitrogens is 1. The predicted octanol–water partition coefficient (Wildman–Crippen LogP) is 0.105. The third kappa shape index (κ3) is 3.16. The molecule has 1 aliphatic heterocycles. The number of aryl methyl sites for hydroxylation is 1. The highest BCUT2D eigenvalue weighted by molar-refractivity contribution is 5.79. The zero-order valence-electron chi connectivity index (χ0n) is 13.7. The van der Waals surface area contributed by atoms with Gasteiger partial charge in [0.15, 0.2) is 0 Å². The molecule has 23 heavy (non-hydrogen) atoms. The summed E-state index contributed by atoms with van der Waals surface area (Å²) in [5.41, 5.74) is 7.38. The van der Waals surface area contributed by atoms with Crippen molar-refractivity contribution in [3.63, 3.8) is 0 Å². The third-order valence-corrected chi connectivity index (χ3v) is 5.00. The zero-order valence-corrected chi connectivity index (χ0v) is 13.7. The predicted molar refractivity (Wildman–Crippen MR) is 84.8 cm³/mol. The van der Waals surface area contributed by atoms with Gasteiger partial charge in [-0.2, -0.15) is 0 Å². The van der Waals surface area contributed by atoms with E-state index >= 15 is 0 Å². The van der Waals surface area contributed by atoms with Gasteiger partial charge in [-0.15, -0.1) is 0 Å². The molecule has 0 aromatic carbocycles. The molecule has 7 nitrogen and oxygen atoms in total. The first-order valence-electron chi connectivity index (χ1n) is 8.15. The number of hydrogen-bond donors (Lipinski definition) is 2. The molecule has 1 fully saturated rings. The van der Waals surface area contributed by atoms with E-state index in [2.05, 4.69) is 9.97 Å². The lowest BCUT2D eigenvalue weighted by molar-refractivity contribution is -0.139. The number of aromatic nitrogens is 2. The molecule has 126 valence electrons. The molecule has 0 spiro atoms. The maximum absolute atomic E-state index is 12.8. The number of ether oxygens (including phenoxy) is 1. The molecular weight excluding hydrogens is 296 g/mol. The summed E-state index contributed by atoms with van der Waals surface area (Å²) < 4.78 is 5.41. The smallest absolute Gasteiger partial charge is 0.254 e. The maximum Gasteiger partial charge on any atom is 0.254 e. The van der Waals surface area contributed by atoms with Crippen molar-refractivity contribution in [3.05, 3.63) is 27.4 Å². The van der Waals surface area contributed by atoms with Crippen molar-refractivity contribution < 1.29 is 9.53 Å². The Balaban J connectivity index is 1.73. The fourth-order valence-corrected chi connectivity index (χ4v) is 3.66. The van der Waals surface area contributed by atoms with Crippen LogP contribution in [0.2, 0.25) is 0 Å². The number of amides is 1. The highest BCUT2D eigenvalue weighted by atomic mass is 16.5. The lowest BCUT2D eigenvalue weighted by Gasteiger charge is -2.36. The first kappa shape index (κ1) is 16.1. The van der Waals surface area contributed by atoms with E-state index in [-0.39, 0.29) is 29.5 Å². The summed E-state index contributed by atoms with van der Waals surface area (Å²) in [4.78, 5) is 33.7. The molecule has 1 aliphatic carbocycles. The third-order valence-electron chi connectivity index (χ3n) is 5.00. The first-order valence-corrected chi connectivity index (χ1v) is 8.15. The van der Waals surface area contributed by atoms with Crippen LogP contribution in [0.5, 0.6) is 0 Å². The Bertz CT molecular complexity index is 657. The number of nitrogens with zero attached hydrogens (tertiary/aromatic N) is 2. The highest BCUT2D eigenvalue weighted by Gasteiger charge is 2.35. The van der Waals surface area contributed by atoms with Crippen LogP contribution in [0, 0.1) is 12.8 Å². The van der Waals surface area contributed by atoms with Crippen molar-refractivity contribution in [2.75, 3.05) is 13.7 Å². The number of aromatic amines is 1. The number of rotatable bonds is 2. The quantitative estimate of drug-likeness (QED) is 0.805. The van der Waals surface area contributed by atoms with Gasteiger partial charge in [-0.05, 0) is 32.6 Å². The fourth-order valence-electron chi connectivity index (χ4n) is 3.66. The van der Waals surface area contributed by atoms with Gasteiger partial charge in [-0.1, -0.05) is 0 Å². The van der Waals surface area contributed by atoms with Crippen LogP contribution in [-0.4, -0.2) is 46.6 Å². The molecular formula is C16H24N4O3. The summed E-state index contributed by atoms with van der Waals surface area (Å²) in [6.45, 7) is 2.74. The fraction of sp³-hybridized carbons (Fsp3) is 0.688. The number of carbonyl (C=O) groups excluding carboxylic acids is 1. The number of methoxy groups -OCH3 is 1. The van der Waals surface area contributed by atoms with Gasteiger partial charge in [-0.25, -0.2) is 4.98 Å². The van der Waals surface area contributed by atoms with Crippen LogP contribution in [-0.2, 0) is 22.5 Å². The van der Waals surface area contributed by atoms with E-state index in [1.54, 1.807) is 14.0 Å². The second-order valence-electron chi connectivity index (χ2n) is 6.53. The van der Waals surface area contributed by atoms with E-state index in [1.165, 1.54) is 0 Å². The number of fused-ring (bicyclic) bond motifs is 1. The summed E-state index contributed by atoms with van der Waals surface area (Å²) in [6, 6.07) is 0.00834. The Hall–Kier alpha value is -1.73. The molecule has 0 bridgehead atoms. The Morgan fingerprint density at radius 3 is 2.96 bits per heavy atom. The minimum absolute atomic E-state index is 0.00834. The monoisotopic (exact) mass is 320 g/mol. The van der Waals surface area contributed by atoms with Crippen LogP contribution >= 0.6 is 0 Å². The molecule has 1 aromatic heterocycles. The highest BCUT2D eigenvalue weighted by Crippen LogP contribution is 2.28. The van der Waals surface area contributed by atoms with E-state index in [0.717, 1.165) is 18.5 Å². The van der Waals surface area contributed by atoms with Crippen LogP contribution in [0.1, 0.15) is 36.3 Å². The minimum atomic E-state index is -0.0808. The van der Waals surface area contributed by atoms with Crippen molar-refractivity contribution in [3.8, 4) is 0 Å². The zero-order chi connectivity index (χ0) is 16.6. The molecule has 3 N–H and O–H groups in total. The molecule has 0 saturated heterocycles. The van der Waals surface area contributed by atoms with E-state index in [9.17, 15) is 9.59 Å². The lowest BCUT2D eigenvalue weighted by Crippen LogP contribution is -2.48. The summed E-state index contributed by atoms with van der Waals surface area (Å²) in [7, 11) is 1.65. The van der Waals surface area contributed by atoms with Gasteiger partial charge in [0.1, 0.15) is 5.82 Å². The van der Waals surface area contributed by atoms with Gasteiger partial charge in [0.05, 0.1) is 18.3 Å². The van der Waals surface area contributed by atoms with Crippen molar-refractivity contribution in [1.29, 1.82) is 0 Å². The second-order valence-corrected chi connectivity index (χ2v) is 6.53. The minimum Gasteiger partial charge on any atom is -0.380 e. The molecule has 1 amide bonds. The van der Waals surface area contributed by atoms with Gasteiger partial charge in [0, 0.05) is 31.2 Å². The van der Waals surface area contributed by atoms with Crippen LogP contribution in [0.15, 0.2) is 4.79 Å². The normalized spacial score (nSPS) is 27.6. The van der Waals surface area contributed by atoms with E-state index in [0.29, 0.717) is 37.3 Å². The van der Waals surface area contributed by atoms with Crippen LogP contribution in [0.25, 0.3) is 0 Å². The van der Waals surface area contributed by atoms with Gasteiger partial charge in [-0.3, -0.25) is 9.59 Å². The van der Waals surface area contributed by atoms with Gasteiger partial charge in [0.2, 0.25) is 5.91 Å². The standard InChI is InChI=1S/C16H24N4O3/c1-9-18-13-8-20(6-5-11(13)15(21)19-9)16(22)10-3-4-12(17)14(7-10)23-2/h10,12,14H,3-8,17H2,1-2H3,(H,18,19,21)/t10-,12+,14+/m0/s1. The van der Waals surface area contributed by atoms with E-state index < -0.39 is 0 Å². The van der Waals surface area contributed by atoms with Gasteiger partial charge >= 0.3 is 0 Å². The van der Waals surface area contributed by atoms with Crippen LogP contribution < -0.4 is 11.3 Å². The average molecular weight is 320 g/mol. The molecule has 1 saturated carbocycles. The maximum atomic E-state index is 12.8. The molecule has 1 aromatic rings. The molecule has 2 heterocycles. The van der Waals surface area contributed by atoms with Crippen LogP contribution in [0.3, 0.4) is 0 Å². The Morgan fingerprint density at radius 1 is 1.43 bits per heavy atom. The number of nitrogens with one attached hydrogen (secondary N) is 1. The Kier molecular flexibility index (Phi) is 4.50. The first-order chi connectivity index (χ1) is 11.0. The number of carbonyl (C=O) groups is 1. The van der Waals surface area contributed by atoms with E-state index in [1.807, 2.05) is 4.90 Å². The van der Waals surface area contributed by atoms with Crippen molar-refractivity contribution in [2.45, 2.75) is 51.3 Å². The summed E-state index contributed by atoms with van der Waals surface area (Å²) in [5, 5.41) is 0. The lowest BCUT2D eigenvalue weighted by atomic mass is 9.83. The summed E-state index contributed by atoms with van der Waals surface area (Å²) in [6.07, 6.45) is 2.77. The molecule has 7 heteroatoms.